The Bertz CT molecular complexity index is 2150. The average molecular weight is 527 g/mol. The van der Waals surface area contributed by atoms with Gasteiger partial charge in [-0.1, -0.05) is 140 Å². The Morgan fingerprint density at radius 1 is 0.425 bits per heavy atom. The van der Waals surface area contributed by atoms with Crippen LogP contribution in [-0.4, -0.2) is 8.07 Å². The van der Waals surface area contributed by atoms with Crippen LogP contribution in [0.4, 0.5) is 0 Å². The summed E-state index contributed by atoms with van der Waals surface area (Å²) in [5.41, 5.74) is 9.47. The van der Waals surface area contributed by atoms with Crippen molar-refractivity contribution in [3.05, 3.63) is 133 Å². The molecule has 0 fully saturated rings. The minimum absolute atomic E-state index is 1.27. The summed E-state index contributed by atoms with van der Waals surface area (Å²) < 4.78 is 0. The van der Waals surface area contributed by atoms with E-state index < -0.39 is 8.07 Å². The molecule has 1 aliphatic rings. The predicted octanol–water partition coefficient (Wildman–Crippen LogP) is 9.59. The van der Waals surface area contributed by atoms with Gasteiger partial charge in [-0.2, -0.15) is 0 Å². The van der Waals surface area contributed by atoms with Gasteiger partial charge in [-0.25, -0.2) is 0 Å². The van der Waals surface area contributed by atoms with Crippen LogP contribution in [0.2, 0.25) is 13.1 Å². The van der Waals surface area contributed by atoms with Crippen LogP contribution in [0.25, 0.3) is 65.7 Å². The molecule has 7 aromatic carbocycles. The molecule has 0 bridgehead atoms. The summed E-state index contributed by atoms with van der Waals surface area (Å²) in [4.78, 5) is 0. The smallest absolute Gasteiger partial charge is 0.0623 e. The first-order chi connectivity index (χ1) is 19.5. The molecule has 190 valence electrons. The van der Waals surface area contributed by atoms with Gasteiger partial charge in [0.25, 0.3) is 0 Å². The molecule has 0 spiro atoms. The molecule has 8 rings (SSSR count). The summed E-state index contributed by atoms with van der Waals surface area (Å²) in [5, 5.41) is 10.9. The van der Waals surface area contributed by atoms with Crippen molar-refractivity contribution in [1.29, 1.82) is 0 Å². The molecule has 1 aliphatic heterocycles. The average Bonchev–Trinajstić information content (AvgIpc) is 3.22. The van der Waals surface area contributed by atoms with E-state index in [4.69, 9.17) is 0 Å². The Morgan fingerprint density at radius 3 is 1.93 bits per heavy atom. The zero-order valence-electron chi connectivity index (χ0n) is 23.1. The molecule has 0 atom stereocenters. The van der Waals surface area contributed by atoms with Crippen molar-refractivity contribution < 1.29 is 0 Å². The standard InChI is InChI=1S/C39H30Si/c1-25-19-22-31-34(23-25)38(33-16-10-18-36-39(33)32-15-8-9-17-35(32)40(36,2)3)30-14-7-6-13-29(30)37(31)28-21-20-26-11-4-5-12-27(26)24-28/h4-24H,1-3H3. The van der Waals surface area contributed by atoms with Gasteiger partial charge < -0.3 is 0 Å². The fourth-order valence-electron chi connectivity index (χ4n) is 7.20. The van der Waals surface area contributed by atoms with Gasteiger partial charge in [0.15, 0.2) is 0 Å². The van der Waals surface area contributed by atoms with Crippen LogP contribution in [-0.2, 0) is 0 Å². The molecule has 40 heavy (non-hydrogen) atoms. The van der Waals surface area contributed by atoms with Crippen molar-refractivity contribution >= 4 is 50.8 Å². The lowest BCUT2D eigenvalue weighted by atomic mass is 9.83. The zero-order valence-corrected chi connectivity index (χ0v) is 24.1. The van der Waals surface area contributed by atoms with Gasteiger partial charge in [0.05, 0.1) is 0 Å². The van der Waals surface area contributed by atoms with E-state index in [1.54, 1.807) is 10.4 Å². The summed E-state index contributed by atoms with van der Waals surface area (Å²) in [6.07, 6.45) is 0. The molecule has 0 N–H and O–H groups in total. The maximum atomic E-state index is 2.50. The molecule has 0 radical (unpaired) electrons. The number of fused-ring (bicyclic) bond motifs is 6. The molecular formula is C39H30Si. The Hall–Kier alpha value is -4.46. The van der Waals surface area contributed by atoms with Crippen LogP contribution in [0.5, 0.6) is 0 Å². The second-order valence-electron chi connectivity index (χ2n) is 11.8. The predicted molar refractivity (Wildman–Crippen MR) is 177 cm³/mol. The SMILES string of the molecule is Cc1ccc2c(-c3ccc4ccccc4c3)c3ccccc3c(-c3cccc4c3-c3ccccc3[Si]4(C)C)c2c1. The van der Waals surface area contributed by atoms with Crippen molar-refractivity contribution in [2.45, 2.75) is 20.0 Å². The van der Waals surface area contributed by atoms with Gasteiger partial charge in [-0.15, -0.1) is 0 Å². The van der Waals surface area contributed by atoms with Gasteiger partial charge in [0, 0.05) is 0 Å². The second-order valence-corrected chi connectivity index (χ2v) is 16.1. The first-order valence-electron chi connectivity index (χ1n) is 14.2. The van der Waals surface area contributed by atoms with Crippen molar-refractivity contribution in [3.8, 4) is 33.4 Å². The molecule has 0 nitrogen and oxygen atoms in total. The lowest BCUT2D eigenvalue weighted by Gasteiger charge is -2.21. The largest absolute Gasteiger partial charge is 0.113 e. The third-order valence-corrected chi connectivity index (χ3v) is 12.6. The van der Waals surface area contributed by atoms with Gasteiger partial charge in [-0.3, -0.25) is 0 Å². The normalized spacial score (nSPS) is 13.6. The van der Waals surface area contributed by atoms with Crippen LogP contribution < -0.4 is 10.4 Å². The Labute approximate surface area is 236 Å². The van der Waals surface area contributed by atoms with Gasteiger partial charge in [-0.05, 0) is 89.1 Å². The van der Waals surface area contributed by atoms with Crippen LogP contribution in [0, 0.1) is 6.92 Å². The first kappa shape index (κ1) is 23.4. The highest BCUT2D eigenvalue weighted by molar-refractivity contribution is 7.04. The summed E-state index contributed by atoms with van der Waals surface area (Å²) >= 11 is 0. The monoisotopic (exact) mass is 526 g/mol. The fraction of sp³-hybridized carbons (Fsp3) is 0.0769. The first-order valence-corrected chi connectivity index (χ1v) is 17.2. The fourth-order valence-corrected chi connectivity index (χ4v) is 10.3. The highest BCUT2D eigenvalue weighted by atomic mass is 28.3. The molecule has 0 saturated heterocycles. The number of aryl methyl sites for hydroxylation is 1. The van der Waals surface area contributed by atoms with Crippen LogP contribution in [0.15, 0.2) is 127 Å². The van der Waals surface area contributed by atoms with Crippen LogP contribution in [0.1, 0.15) is 5.56 Å². The lowest BCUT2D eigenvalue weighted by Crippen LogP contribution is -2.49. The molecule has 0 unspecified atom stereocenters. The van der Waals surface area contributed by atoms with E-state index in [1.807, 2.05) is 0 Å². The van der Waals surface area contributed by atoms with E-state index in [2.05, 4.69) is 147 Å². The molecule has 0 aliphatic carbocycles. The Balaban J connectivity index is 1.53. The molecule has 0 aromatic heterocycles. The third kappa shape index (κ3) is 3.25. The minimum Gasteiger partial charge on any atom is -0.0623 e. The molecule has 1 heteroatoms. The van der Waals surface area contributed by atoms with Crippen molar-refractivity contribution in [3.63, 3.8) is 0 Å². The Kier molecular flexibility index (Phi) is 4.99. The number of hydrogen-bond acceptors (Lipinski definition) is 0. The van der Waals surface area contributed by atoms with Gasteiger partial charge in [0.1, 0.15) is 8.07 Å². The van der Waals surface area contributed by atoms with Gasteiger partial charge in [0.2, 0.25) is 0 Å². The van der Waals surface area contributed by atoms with Crippen LogP contribution >= 0.6 is 0 Å². The van der Waals surface area contributed by atoms with Crippen LogP contribution in [0.3, 0.4) is 0 Å². The highest BCUT2D eigenvalue weighted by Gasteiger charge is 2.38. The van der Waals surface area contributed by atoms with E-state index in [-0.39, 0.29) is 0 Å². The molecule has 0 saturated carbocycles. The Morgan fingerprint density at radius 2 is 1.07 bits per heavy atom. The van der Waals surface area contributed by atoms with E-state index in [0.29, 0.717) is 0 Å². The molecule has 1 heterocycles. The van der Waals surface area contributed by atoms with E-state index in [9.17, 15) is 0 Å². The lowest BCUT2D eigenvalue weighted by molar-refractivity contribution is 1.51. The summed E-state index contributed by atoms with van der Waals surface area (Å²) in [6.45, 7) is 7.23. The summed E-state index contributed by atoms with van der Waals surface area (Å²) in [6, 6.07) is 47.8. The van der Waals surface area contributed by atoms with Crippen molar-refractivity contribution in [2.75, 3.05) is 0 Å². The van der Waals surface area contributed by atoms with Gasteiger partial charge >= 0.3 is 0 Å². The van der Waals surface area contributed by atoms with E-state index in [1.165, 1.54) is 71.3 Å². The molecular weight excluding hydrogens is 497 g/mol. The van der Waals surface area contributed by atoms with E-state index >= 15 is 0 Å². The van der Waals surface area contributed by atoms with Crippen molar-refractivity contribution in [2.24, 2.45) is 0 Å². The topological polar surface area (TPSA) is 0 Å². The van der Waals surface area contributed by atoms with E-state index in [0.717, 1.165) is 0 Å². The van der Waals surface area contributed by atoms with Crippen molar-refractivity contribution in [1.82, 2.24) is 0 Å². The molecule has 7 aromatic rings. The quantitative estimate of drug-likeness (QED) is 0.155. The summed E-state index contributed by atoms with van der Waals surface area (Å²) in [5.74, 6) is 0. The summed E-state index contributed by atoms with van der Waals surface area (Å²) in [7, 11) is -1.78. The zero-order chi connectivity index (χ0) is 27.0. The second kappa shape index (κ2) is 8.52. The number of benzene rings is 7. The number of hydrogen-bond donors (Lipinski definition) is 0. The number of rotatable bonds is 2. The maximum Gasteiger partial charge on any atom is 0.113 e. The molecule has 0 amide bonds. The third-order valence-electron chi connectivity index (χ3n) is 9.09. The highest BCUT2D eigenvalue weighted by Crippen LogP contribution is 2.47. The maximum absolute atomic E-state index is 2.50. The minimum atomic E-state index is -1.78.